The standard InChI is InChI=1S/C21H20FN3O2/c1-14(2)27-19-10-7-17(8-11-19)24-18-9-12-20(23-13-18)25-21(26)15-3-5-16(22)6-4-15/h3-14,24H,1-2H3,(H,23,25,26). The molecule has 3 rings (SSSR count). The van der Waals surface area contributed by atoms with Crippen LogP contribution in [0.5, 0.6) is 5.75 Å². The molecule has 3 aromatic rings. The number of hydrogen-bond acceptors (Lipinski definition) is 4. The highest BCUT2D eigenvalue weighted by molar-refractivity contribution is 6.03. The summed E-state index contributed by atoms with van der Waals surface area (Å²) in [6.45, 7) is 3.96. The first kappa shape index (κ1) is 18.4. The summed E-state index contributed by atoms with van der Waals surface area (Å²) in [5.41, 5.74) is 2.05. The fraction of sp³-hybridized carbons (Fsp3) is 0.143. The van der Waals surface area contributed by atoms with Crippen LogP contribution >= 0.6 is 0 Å². The van der Waals surface area contributed by atoms with E-state index in [4.69, 9.17) is 4.74 Å². The third kappa shape index (κ3) is 5.28. The van der Waals surface area contributed by atoms with Gasteiger partial charge in [0.2, 0.25) is 0 Å². The summed E-state index contributed by atoms with van der Waals surface area (Å²) >= 11 is 0. The molecule has 1 amide bonds. The largest absolute Gasteiger partial charge is 0.491 e. The summed E-state index contributed by atoms with van der Waals surface area (Å²) in [6.07, 6.45) is 1.75. The first-order valence-electron chi connectivity index (χ1n) is 8.56. The van der Waals surface area contributed by atoms with Crippen LogP contribution in [0.2, 0.25) is 0 Å². The van der Waals surface area contributed by atoms with E-state index in [1.165, 1.54) is 24.3 Å². The lowest BCUT2D eigenvalue weighted by Crippen LogP contribution is -2.12. The fourth-order valence-electron chi connectivity index (χ4n) is 2.39. The van der Waals surface area contributed by atoms with Gasteiger partial charge < -0.3 is 15.4 Å². The zero-order chi connectivity index (χ0) is 19.2. The van der Waals surface area contributed by atoms with E-state index in [9.17, 15) is 9.18 Å². The molecule has 2 N–H and O–H groups in total. The predicted molar refractivity (Wildman–Crippen MR) is 104 cm³/mol. The van der Waals surface area contributed by atoms with Crippen molar-refractivity contribution in [3.05, 3.63) is 78.2 Å². The average molecular weight is 365 g/mol. The molecule has 0 aliphatic heterocycles. The number of aromatic nitrogens is 1. The van der Waals surface area contributed by atoms with Crippen LogP contribution in [0, 0.1) is 5.82 Å². The Labute approximate surface area is 157 Å². The maximum absolute atomic E-state index is 12.9. The molecule has 0 atom stereocenters. The lowest BCUT2D eigenvalue weighted by molar-refractivity contribution is 0.102. The molecular weight excluding hydrogens is 345 g/mol. The van der Waals surface area contributed by atoms with Crippen molar-refractivity contribution in [3.8, 4) is 5.75 Å². The first-order chi connectivity index (χ1) is 13.0. The number of ether oxygens (including phenoxy) is 1. The Morgan fingerprint density at radius 2 is 1.63 bits per heavy atom. The number of hydrogen-bond donors (Lipinski definition) is 2. The number of nitrogens with zero attached hydrogens (tertiary/aromatic N) is 1. The van der Waals surface area contributed by atoms with Crippen molar-refractivity contribution in [2.75, 3.05) is 10.6 Å². The molecule has 1 heterocycles. The van der Waals surface area contributed by atoms with Gasteiger partial charge in [-0.25, -0.2) is 9.37 Å². The molecule has 0 spiro atoms. The normalized spacial score (nSPS) is 10.5. The quantitative estimate of drug-likeness (QED) is 0.645. The number of nitrogens with one attached hydrogen (secondary N) is 2. The molecule has 0 radical (unpaired) electrons. The van der Waals surface area contributed by atoms with Crippen molar-refractivity contribution in [2.24, 2.45) is 0 Å². The Bertz CT molecular complexity index is 892. The maximum atomic E-state index is 12.9. The van der Waals surface area contributed by atoms with Gasteiger partial charge in [-0.3, -0.25) is 4.79 Å². The zero-order valence-corrected chi connectivity index (χ0v) is 15.1. The number of amides is 1. The Morgan fingerprint density at radius 1 is 0.963 bits per heavy atom. The van der Waals surface area contributed by atoms with Crippen LogP contribution in [-0.2, 0) is 0 Å². The van der Waals surface area contributed by atoms with E-state index in [1.54, 1.807) is 12.3 Å². The fourth-order valence-corrected chi connectivity index (χ4v) is 2.39. The lowest BCUT2D eigenvalue weighted by atomic mass is 10.2. The molecule has 2 aromatic carbocycles. The van der Waals surface area contributed by atoms with Crippen LogP contribution in [0.3, 0.4) is 0 Å². The molecule has 0 bridgehead atoms. The summed E-state index contributed by atoms with van der Waals surface area (Å²) < 4.78 is 18.5. The van der Waals surface area contributed by atoms with Gasteiger partial charge in [0.25, 0.3) is 5.91 Å². The minimum Gasteiger partial charge on any atom is -0.491 e. The third-order valence-corrected chi connectivity index (χ3v) is 3.63. The summed E-state index contributed by atoms with van der Waals surface area (Å²) in [5.74, 6) is 0.496. The minimum absolute atomic E-state index is 0.130. The summed E-state index contributed by atoms with van der Waals surface area (Å²) in [5, 5.41) is 5.91. The summed E-state index contributed by atoms with van der Waals surface area (Å²) in [6, 6.07) is 16.5. The van der Waals surface area contributed by atoms with E-state index in [-0.39, 0.29) is 17.8 Å². The van der Waals surface area contributed by atoms with Gasteiger partial charge in [0.1, 0.15) is 17.4 Å². The Kier molecular flexibility index (Phi) is 5.66. The smallest absolute Gasteiger partial charge is 0.256 e. The van der Waals surface area contributed by atoms with Crippen LogP contribution in [0.1, 0.15) is 24.2 Å². The lowest BCUT2D eigenvalue weighted by Gasteiger charge is -2.11. The van der Waals surface area contributed by atoms with Crippen LogP contribution < -0.4 is 15.4 Å². The van der Waals surface area contributed by atoms with Crippen LogP contribution in [0.15, 0.2) is 66.9 Å². The Hall–Kier alpha value is -3.41. The van der Waals surface area contributed by atoms with Crippen LogP contribution in [-0.4, -0.2) is 17.0 Å². The van der Waals surface area contributed by atoms with Gasteiger partial charge in [-0.05, 0) is 74.5 Å². The molecule has 5 nitrogen and oxygen atoms in total. The molecule has 27 heavy (non-hydrogen) atoms. The number of carbonyl (C=O) groups excluding carboxylic acids is 1. The second kappa shape index (κ2) is 8.31. The van der Waals surface area contributed by atoms with Crippen molar-refractivity contribution < 1.29 is 13.9 Å². The van der Waals surface area contributed by atoms with Gasteiger partial charge in [-0.15, -0.1) is 0 Å². The first-order valence-corrected chi connectivity index (χ1v) is 8.56. The van der Waals surface area contributed by atoms with E-state index < -0.39 is 0 Å². The molecule has 0 aliphatic carbocycles. The third-order valence-electron chi connectivity index (χ3n) is 3.63. The van der Waals surface area contributed by atoms with Gasteiger partial charge in [0.15, 0.2) is 0 Å². The van der Waals surface area contributed by atoms with Gasteiger partial charge in [-0.2, -0.15) is 0 Å². The Balaban J connectivity index is 1.60. The monoisotopic (exact) mass is 365 g/mol. The minimum atomic E-state index is -0.385. The van der Waals surface area contributed by atoms with E-state index in [1.807, 2.05) is 44.2 Å². The maximum Gasteiger partial charge on any atom is 0.256 e. The van der Waals surface area contributed by atoms with Crippen molar-refractivity contribution in [1.82, 2.24) is 4.98 Å². The van der Waals surface area contributed by atoms with E-state index in [0.29, 0.717) is 11.4 Å². The number of anilines is 3. The summed E-state index contributed by atoms with van der Waals surface area (Å²) in [7, 11) is 0. The van der Waals surface area contributed by atoms with Gasteiger partial charge in [-0.1, -0.05) is 0 Å². The summed E-state index contributed by atoms with van der Waals surface area (Å²) in [4.78, 5) is 16.3. The second-order valence-electron chi connectivity index (χ2n) is 6.21. The number of benzene rings is 2. The zero-order valence-electron chi connectivity index (χ0n) is 15.1. The Morgan fingerprint density at radius 3 is 2.22 bits per heavy atom. The molecular formula is C21H20FN3O2. The number of carbonyl (C=O) groups is 1. The molecule has 6 heteroatoms. The molecule has 0 saturated heterocycles. The van der Waals surface area contributed by atoms with Gasteiger partial charge >= 0.3 is 0 Å². The average Bonchev–Trinajstić information content (AvgIpc) is 2.65. The van der Waals surface area contributed by atoms with Crippen molar-refractivity contribution in [2.45, 2.75) is 20.0 Å². The molecule has 0 aliphatic rings. The molecule has 0 saturated carbocycles. The van der Waals surface area contributed by atoms with Crippen LogP contribution in [0.25, 0.3) is 0 Å². The molecule has 1 aromatic heterocycles. The van der Waals surface area contributed by atoms with Crippen molar-refractivity contribution in [1.29, 1.82) is 0 Å². The number of halogens is 1. The van der Waals surface area contributed by atoms with E-state index in [0.717, 1.165) is 17.1 Å². The molecule has 138 valence electrons. The number of rotatable bonds is 6. The molecule has 0 unspecified atom stereocenters. The van der Waals surface area contributed by atoms with E-state index in [2.05, 4.69) is 15.6 Å². The topological polar surface area (TPSA) is 63.2 Å². The predicted octanol–water partition coefficient (Wildman–Crippen LogP) is 5.00. The van der Waals surface area contributed by atoms with Crippen molar-refractivity contribution >= 4 is 23.1 Å². The highest BCUT2D eigenvalue weighted by atomic mass is 19.1. The highest BCUT2D eigenvalue weighted by Gasteiger charge is 2.07. The second-order valence-corrected chi connectivity index (χ2v) is 6.21. The SMILES string of the molecule is CC(C)Oc1ccc(Nc2ccc(NC(=O)c3ccc(F)cc3)nc2)cc1. The van der Waals surface area contributed by atoms with Crippen LogP contribution in [0.4, 0.5) is 21.6 Å². The number of pyridine rings is 1. The van der Waals surface area contributed by atoms with Gasteiger partial charge in [0, 0.05) is 11.3 Å². The highest BCUT2D eigenvalue weighted by Crippen LogP contribution is 2.21. The molecule has 0 fully saturated rings. The van der Waals surface area contributed by atoms with Gasteiger partial charge in [0.05, 0.1) is 18.0 Å². The van der Waals surface area contributed by atoms with E-state index >= 15 is 0 Å². The van der Waals surface area contributed by atoms with Crippen molar-refractivity contribution in [3.63, 3.8) is 0 Å².